The number of hydrogen-bond donors (Lipinski definition) is 1. The molecule has 0 bridgehead atoms. The quantitative estimate of drug-likeness (QED) is 0.860. The first-order valence-corrected chi connectivity index (χ1v) is 7.47. The van der Waals surface area contributed by atoms with Gasteiger partial charge in [-0.1, -0.05) is 0 Å². The summed E-state index contributed by atoms with van der Waals surface area (Å²) in [6.07, 6.45) is 7.59. The summed E-state index contributed by atoms with van der Waals surface area (Å²) in [7, 11) is 2.25. The maximum atomic E-state index is 4.54. The Balaban J connectivity index is 1.63. The summed E-state index contributed by atoms with van der Waals surface area (Å²) in [5.74, 6) is 1.10. The van der Waals surface area contributed by atoms with Gasteiger partial charge in [0.15, 0.2) is 0 Å². The van der Waals surface area contributed by atoms with Crippen LogP contribution in [-0.4, -0.2) is 53.1 Å². The summed E-state index contributed by atoms with van der Waals surface area (Å²) in [6.45, 7) is 4.72. The van der Waals surface area contributed by atoms with Crippen LogP contribution < -0.4 is 4.90 Å². The second-order valence-corrected chi connectivity index (χ2v) is 6.45. The number of aromatic nitrogens is 3. The van der Waals surface area contributed by atoms with E-state index < -0.39 is 0 Å². The van der Waals surface area contributed by atoms with Gasteiger partial charge in [-0.15, -0.1) is 0 Å². The molecular weight excluding hydrogens is 250 g/mol. The fourth-order valence-electron chi connectivity index (χ4n) is 4.01. The van der Waals surface area contributed by atoms with E-state index in [4.69, 9.17) is 0 Å². The van der Waals surface area contributed by atoms with Crippen LogP contribution in [0.5, 0.6) is 0 Å². The van der Waals surface area contributed by atoms with Gasteiger partial charge in [0.1, 0.15) is 17.8 Å². The molecule has 1 unspecified atom stereocenters. The van der Waals surface area contributed by atoms with Crippen molar-refractivity contribution < 1.29 is 0 Å². The highest BCUT2D eigenvalue weighted by Gasteiger charge is 2.41. The van der Waals surface area contributed by atoms with Crippen molar-refractivity contribution in [1.82, 2.24) is 19.9 Å². The lowest BCUT2D eigenvalue weighted by Gasteiger charge is -2.38. The summed E-state index contributed by atoms with van der Waals surface area (Å²) in [6, 6.07) is 2.09. The molecule has 0 aliphatic carbocycles. The number of nitrogens with zero attached hydrogens (tertiary/aromatic N) is 4. The molecule has 1 N–H and O–H groups in total. The van der Waals surface area contributed by atoms with Crippen LogP contribution in [0.25, 0.3) is 11.0 Å². The molecule has 1 spiro atoms. The van der Waals surface area contributed by atoms with E-state index in [2.05, 4.69) is 37.9 Å². The Hall–Kier alpha value is -1.62. The average Bonchev–Trinajstić information content (AvgIpc) is 3.05. The van der Waals surface area contributed by atoms with Crippen LogP contribution in [0.15, 0.2) is 18.6 Å². The first-order valence-electron chi connectivity index (χ1n) is 7.47. The largest absolute Gasteiger partial charge is 0.355 e. The lowest BCUT2D eigenvalue weighted by atomic mass is 9.79. The molecule has 20 heavy (non-hydrogen) atoms. The first kappa shape index (κ1) is 12.1. The lowest BCUT2D eigenvalue weighted by molar-refractivity contribution is 0.128. The Kier molecular flexibility index (Phi) is 2.70. The molecule has 2 aromatic heterocycles. The molecule has 2 fully saturated rings. The van der Waals surface area contributed by atoms with Gasteiger partial charge in [0.25, 0.3) is 0 Å². The van der Waals surface area contributed by atoms with Gasteiger partial charge in [-0.3, -0.25) is 0 Å². The Morgan fingerprint density at radius 3 is 3.05 bits per heavy atom. The number of hydrogen-bond acceptors (Lipinski definition) is 4. The molecule has 0 amide bonds. The van der Waals surface area contributed by atoms with Gasteiger partial charge in [-0.05, 0) is 38.9 Å². The van der Waals surface area contributed by atoms with Crippen molar-refractivity contribution in [2.75, 3.05) is 38.1 Å². The van der Waals surface area contributed by atoms with E-state index >= 15 is 0 Å². The summed E-state index contributed by atoms with van der Waals surface area (Å²) in [5.41, 5.74) is 1.41. The summed E-state index contributed by atoms with van der Waals surface area (Å²) in [5, 5.41) is 1.15. The topological polar surface area (TPSA) is 48.1 Å². The minimum absolute atomic E-state index is 0.473. The molecule has 1 atom stereocenters. The normalized spacial score (nSPS) is 27.8. The summed E-state index contributed by atoms with van der Waals surface area (Å²) >= 11 is 0. The van der Waals surface area contributed by atoms with Crippen LogP contribution in [0.1, 0.15) is 19.3 Å². The molecule has 106 valence electrons. The number of likely N-dealkylation sites (tertiary alicyclic amines) is 1. The van der Waals surface area contributed by atoms with Gasteiger partial charge in [-0.2, -0.15) is 0 Å². The molecule has 0 radical (unpaired) electrons. The van der Waals surface area contributed by atoms with E-state index in [0.29, 0.717) is 5.41 Å². The number of anilines is 1. The van der Waals surface area contributed by atoms with Crippen molar-refractivity contribution in [3.63, 3.8) is 0 Å². The van der Waals surface area contributed by atoms with Gasteiger partial charge >= 0.3 is 0 Å². The Morgan fingerprint density at radius 2 is 2.15 bits per heavy atom. The van der Waals surface area contributed by atoms with Gasteiger partial charge in [-0.25, -0.2) is 9.97 Å². The van der Waals surface area contributed by atoms with Crippen LogP contribution >= 0.6 is 0 Å². The molecule has 2 aromatic rings. The summed E-state index contributed by atoms with van der Waals surface area (Å²) in [4.78, 5) is 16.9. The molecule has 0 aromatic carbocycles. The Labute approximate surface area is 119 Å². The van der Waals surface area contributed by atoms with Gasteiger partial charge in [0, 0.05) is 31.2 Å². The van der Waals surface area contributed by atoms with E-state index in [9.17, 15) is 0 Å². The van der Waals surface area contributed by atoms with Crippen molar-refractivity contribution in [1.29, 1.82) is 0 Å². The third kappa shape index (κ3) is 1.88. The van der Waals surface area contributed by atoms with Gasteiger partial charge < -0.3 is 14.8 Å². The fourth-order valence-corrected chi connectivity index (χ4v) is 4.01. The zero-order chi connectivity index (χ0) is 13.6. The SMILES string of the molecule is CN1CCCC2(CCN(c3ncnc4[nH]ccc34)C2)C1. The second-order valence-electron chi connectivity index (χ2n) is 6.45. The zero-order valence-corrected chi connectivity index (χ0v) is 12.0. The minimum Gasteiger partial charge on any atom is -0.355 e. The highest BCUT2D eigenvalue weighted by atomic mass is 15.2. The van der Waals surface area contributed by atoms with Gasteiger partial charge in [0.2, 0.25) is 0 Å². The third-order valence-corrected chi connectivity index (χ3v) is 4.92. The minimum atomic E-state index is 0.473. The number of aromatic amines is 1. The predicted molar refractivity (Wildman–Crippen MR) is 79.9 cm³/mol. The molecular formula is C15H21N5. The fraction of sp³-hybridized carbons (Fsp3) is 0.600. The zero-order valence-electron chi connectivity index (χ0n) is 12.0. The summed E-state index contributed by atoms with van der Waals surface area (Å²) < 4.78 is 0. The van der Waals surface area contributed by atoms with E-state index in [1.54, 1.807) is 6.33 Å². The predicted octanol–water partition coefficient (Wildman–Crippen LogP) is 1.88. The molecule has 5 heteroatoms. The van der Waals surface area contributed by atoms with Gasteiger partial charge in [0.05, 0.1) is 5.39 Å². The Bertz CT molecular complexity index is 622. The van der Waals surface area contributed by atoms with Crippen LogP contribution in [0.4, 0.5) is 5.82 Å². The molecule has 4 heterocycles. The molecule has 5 nitrogen and oxygen atoms in total. The van der Waals surface area contributed by atoms with Crippen molar-refractivity contribution in [3.05, 3.63) is 18.6 Å². The van der Waals surface area contributed by atoms with E-state index in [0.717, 1.165) is 29.9 Å². The second kappa shape index (κ2) is 4.45. The smallest absolute Gasteiger partial charge is 0.142 e. The van der Waals surface area contributed by atoms with E-state index in [-0.39, 0.29) is 0 Å². The molecule has 4 rings (SSSR count). The third-order valence-electron chi connectivity index (χ3n) is 4.92. The lowest BCUT2D eigenvalue weighted by Crippen LogP contribution is -2.43. The van der Waals surface area contributed by atoms with E-state index in [1.807, 2.05) is 6.20 Å². The molecule has 2 aliphatic heterocycles. The van der Waals surface area contributed by atoms with E-state index in [1.165, 1.54) is 32.4 Å². The maximum Gasteiger partial charge on any atom is 0.142 e. The van der Waals surface area contributed by atoms with Crippen LogP contribution in [0, 0.1) is 5.41 Å². The highest BCUT2D eigenvalue weighted by Crippen LogP contribution is 2.40. The maximum absolute atomic E-state index is 4.54. The molecule has 0 saturated carbocycles. The Morgan fingerprint density at radius 1 is 1.20 bits per heavy atom. The number of fused-ring (bicyclic) bond motifs is 1. The number of nitrogens with one attached hydrogen (secondary N) is 1. The first-order chi connectivity index (χ1) is 9.76. The van der Waals surface area contributed by atoms with Crippen LogP contribution in [0.3, 0.4) is 0 Å². The number of piperidine rings is 1. The molecule has 2 saturated heterocycles. The van der Waals surface area contributed by atoms with Crippen LogP contribution in [0.2, 0.25) is 0 Å². The average molecular weight is 271 g/mol. The van der Waals surface area contributed by atoms with Crippen molar-refractivity contribution in [2.45, 2.75) is 19.3 Å². The number of rotatable bonds is 1. The van der Waals surface area contributed by atoms with Crippen LogP contribution in [-0.2, 0) is 0 Å². The van der Waals surface area contributed by atoms with Crippen molar-refractivity contribution >= 4 is 16.9 Å². The standard InChI is InChI=1S/C15H21N5/c1-19-7-2-4-15(9-19)5-8-20(10-15)14-12-3-6-16-13(12)17-11-18-14/h3,6,11H,2,4-5,7-10H2,1H3,(H,16,17,18). The monoisotopic (exact) mass is 271 g/mol. The van der Waals surface area contributed by atoms with Crippen molar-refractivity contribution in [2.24, 2.45) is 5.41 Å². The van der Waals surface area contributed by atoms with Crippen molar-refractivity contribution in [3.8, 4) is 0 Å². The number of H-pyrrole nitrogens is 1. The highest BCUT2D eigenvalue weighted by molar-refractivity contribution is 5.87. The molecule has 2 aliphatic rings.